The number of carbonyl (C=O) groups excluding carboxylic acids is 1. The fourth-order valence-electron chi connectivity index (χ4n) is 2.57. The van der Waals surface area contributed by atoms with Gasteiger partial charge in [-0.1, -0.05) is 23.2 Å². The maximum Gasteiger partial charge on any atom is 0.343 e. The second kappa shape index (κ2) is 9.34. The van der Waals surface area contributed by atoms with Crippen molar-refractivity contribution in [2.24, 2.45) is 0 Å². The number of halogens is 2. The van der Waals surface area contributed by atoms with Crippen molar-refractivity contribution in [3.63, 3.8) is 0 Å². The number of nitrogens with zero attached hydrogens (tertiary/aromatic N) is 1. The lowest BCUT2D eigenvalue weighted by atomic mass is 10.0. The van der Waals surface area contributed by atoms with Crippen molar-refractivity contribution in [1.82, 2.24) is 4.98 Å². The largest absolute Gasteiger partial charge is 0.482 e. The number of nitrogens with one attached hydrogen (secondary N) is 1. The Bertz CT molecular complexity index is 1150. The van der Waals surface area contributed by atoms with Crippen LogP contribution in [0.4, 0.5) is 5.69 Å². The van der Waals surface area contributed by atoms with E-state index in [0.29, 0.717) is 21.2 Å². The molecule has 0 saturated heterocycles. The van der Waals surface area contributed by atoms with E-state index in [1.54, 1.807) is 30.3 Å². The minimum Gasteiger partial charge on any atom is -0.482 e. The molecule has 0 amide bonds. The normalized spacial score (nSPS) is 11.0. The zero-order chi connectivity index (χ0) is 21.7. The molecule has 0 atom stereocenters. The fraction of sp³-hybridized carbons (Fsp3) is 0.100. The van der Waals surface area contributed by atoms with E-state index in [1.807, 2.05) is 0 Å². The lowest BCUT2D eigenvalue weighted by Crippen LogP contribution is -2.15. The first-order chi connectivity index (χ1) is 14.3. The summed E-state index contributed by atoms with van der Waals surface area (Å²) < 4.78 is 38.1. The maximum atomic E-state index is 12.8. The van der Waals surface area contributed by atoms with Crippen LogP contribution in [-0.2, 0) is 19.6 Å². The minimum absolute atomic E-state index is 0.0130. The molecule has 0 saturated carbocycles. The van der Waals surface area contributed by atoms with Gasteiger partial charge in [-0.05, 0) is 48.0 Å². The van der Waals surface area contributed by atoms with E-state index >= 15 is 0 Å². The number of aromatic nitrogens is 1. The molecule has 2 aromatic carbocycles. The molecule has 0 unspecified atom stereocenters. The number of benzene rings is 2. The van der Waals surface area contributed by atoms with Crippen LogP contribution in [0.1, 0.15) is 0 Å². The summed E-state index contributed by atoms with van der Waals surface area (Å²) in [4.78, 5) is 15.2. The Kier molecular flexibility index (Phi) is 6.81. The lowest BCUT2D eigenvalue weighted by molar-refractivity contribution is -0.142. The van der Waals surface area contributed by atoms with Crippen LogP contribution in [0.2, 0.25) is 10.0 Å². The number of hydrogen-bond acceptors (Lipinski definition) is 6. The third-order valence-electron chi connectivity index (χ3n) is 3.94. The first-order valence-electron chi connectivity index (χ1n) is 8.51. The molecule has 0 bridgehead atoms. The van der Waals surface area contributed by atoms with Crippen LogP contribution in [0.15, 0.2) is 65.8 Å². The van der Waals surface area contributed by atoms with E-state index < -0.39 is 16.0 Å². The SMILES string of the molecule is COC(=O)COc1ccc(-c2cc(Cl)cc(Cl)c2)c(NS(=O)(=O)c2cccnc2)c1. The van der Waals surface area contributed by atoms with Crippen molar-refractivity contribution in [3.8, 4) is 16.9 Å². The Balaban J connectivity index is 2.05. The highest BCUT2D eigenvalue weighted by atomic mass is 35.5. The Hall–Kier alpha value is -2.81. The molecule has 7 nitrogen and oxygen atoms in total. The predicted octanol–water partition coefficient (Wildman–Crippen LogP) is 4.41. The van der Waals surface area contributed by atoms with E-state index in [-0.39, 0.29) is 22.9 Å². The zero-order valence-electron chi connectivity index (χ0n) is 15.6. The molecule has 30 heavy (non-hydrogen) atoms. The average molecular weight is 467 g/mol. The van der Waals surface area contributed by atoms with Gasteiger partial charge in [0.15, 0.2) is 6.61 Å². The number of carbonyl (C=O) groups is 1. The van der Waals surface area contributed by atoms with Gasteiger partial charge >= 0.3 is 5.97 Å². The fourth-order valence-corrected chi connectivity index (χ4v) is 4.13. The monoisotopic (exact) mass is 466 g/mol. The molecule has 3 aromatic rings. The molecular formula is C20H16Cl2N2O5S. The molecule has 0 spiro atoms. The van der Waals surface area contributed by atoms with Crippen molar-refractivity contribution < 1.29 is 22.7 Å². The van der Waals surface area contributed by atoms with Gasteiger partial charge in [0, 0.05) is 34.1 Å². The molecular weight excluding hydrogens is 451 g/mol. The van der Waals surface area contributed by atoms with Gasteiger partial charge in [-0.15, -0.1) is 0 Å². The van der Waals surface area contributed by atoms with E-state index in [2.05, 4.69) is 14.4 Å². The predicted molar refractivity (Wildman–Crippen MR) is 114 cm³/mol. The summed E-state index contributed by atoms with van der Waals surface area (Å²) in [7, 11) is -2.70. The molecule has 3 rings (SSSR count). The van der Waals surface area contributed by atoms with Crippen molar-refractivity contribution in [2.45, 2.75) is 4.90 Å². The van der Waals surface area contributed by atoms with E-state index in [1.165, 1.54) is 37.7 Å². The van der Waals surface area contributed by atoms with Crippen molar-refractivity contribution in [1.29, 1.82) is 0 Å². The summed E-state index contributed by atoms with van der Waals surface area (Å²) in [5, 5.41) is 0.786. The van der Waals surface area contributed by atoms with E-state index in [9.17, 15) is 13.2 Å². The Morgan fingerprint density at radius 3 is 2.47 bits per heavy atom. The summed E-state index contributed by atoms with van der Waals surface area (Å²) in [6.45, 7) is -0.326. The quantitative estimate of drug-likeness (QED) is 0.518. The van der Waals surface area contributed by atoms with Crippen LogP contribution in [-0.4, -0.2) is 33.1 Å². The molecule has 10 heteroatoms. The summed E-state index contributed by atoms with van der Waals surface area (Å²) >= 11 is 12.2. The zero-order valence-corrected chi connectivity index (χ0v) is 18.0. The third kappa shape index (κ3) is 5.41. The Morgan fingerprint density at radius 2 is 1.83 bits per heavy atom. The van der Waals surface area contributed by atoms with Gasteiger partial charge in [-0.2, -0.15) is 0 Å². The Labute approximate surface area is 183 Å². The van der Waals surface area contributed by atoms with Gasteiger partial charge in [0.05, 0.1) is 12.8 Å². The molecule has 156 valence electrons. The summed E-state index contributed by atoms with van der Waals surface area (Å²) in [6.07, 6.45) is 2.70. The molecule has 0 aliphatic heterocycles. The molecule has 0 aliphatic carbocycles. The summed E-state index contributed by atoms with van der Waals surface area (Å²) in [5.41, 5.74) is 1.31. The number of hydrogen-bond donors (Lipinski definition) is 1. The Morgan fingerprint density at radius 1 is 1.10 bits per heavy atom. The first-order valence-corrected chi connectivity index (χ1v) is 10.8. The smallest absolute Gasteiger partial charge is 0.343 e. The summed E-state index contributed by atoms with van der Waals surface area (Å²) in [5.74, 6) is -0.306. The molecule has 1 heterocycles. The van der Waals surface area contributed by atoms with Crippen LogP contribution in [0.3, 0.4) is 0 Å². The van der Waals surface area contributed by atoms with E-state index in [4.69, 9.17) is 27.9 Å². The topological polar surface area (TPSA) is 94.6 Å². The van der Waals surface area contributed by atoms with Gasteiger partial charge in [0.1, 0.15) is 10.6 Å². The van der Waals surface area contributed by atoms with Crippen LogP contribution < -0.4 is 9.46 Å². The van der Waals surface area contributed by atoms with Crippen LogP contribution >= 0.6 is 23.2 Å². The average Bonchev–Trinajstić information content (AvgIpc) is 2.71. The van der Waals surface area contributed by atoms with Crippen molar-refractivity contribution >= 4 is 44.9 Å². The molecule has 0 fully saturated rings. The number of ether oxygens (including phenoxy) is 2. The number of rotatable bonds is 7. The maximum absolute atomic E-state index is 12.8. The van der Waals surface area contributed by atoms with Gasteiger partial charge in [0.25, 0.3) is 10.0 Å². The highest BCUT2D eigenvalue weighted by Gasteiger charge is 2.18. The number of pyridine rings is 1. The van der Waals surface area contributed by atoms with Crippen molar-refractivity contribution in [2.75, 3.05) is 18.4 Å². The van der Waals surface area contributed by atoms with Gasteiger partial charge in [0.2, 0.25) is 0 Å². The summed E-state index contributed by atoms with van der Waals surface area (Å²) in [6, 6.07) is 12.5. The molecule has 1 N–H and O–H groups in total. The van der Waals surface area contributed by atoms with Crippen LogP contribution in [0.25, 0.3) is 11.1 Å². The molecule has 0 aliphatic rings. The number of sulfonamides is 1. The minimum atomic E-state index is -3.94. The van der Waals surface area contributed by atoms with E-state index in [0.717, 1.165) is 0 Å². The number of esters is 1. The second-order valence-corrected chi connectivity index (χ2v) is 8.58. The van der Waals surface area contributed by atoms with Gasteiger partial charge in [-0.25, -0.2) is 13.2 Å². The van der Waals surface area contributed by atoms with Crippen LogP contribution in [0.5, 0.6) is 5.75 Å². The van der Waals surface area contributed by atoms with Crippen molar-refractivity contribution in [3.05, 3.63) is 71.0 Å². The highest BCUT2D eigenvalue weighted by Crippen LogP contribution is 2.35. The number of anilines is 1. The van der Waals surface area contributed by atoms with Gasteiger partial charge < -0.3 is 9.47 Å². The van der Waals surface area contributed by atoms with Crippen LogP contribution in [0, 0.1) is 0 Å². The third-order valence-corrected chi connectivity index (χ3v) is 5.73. The van der Waals surface area contributed by atoms with Gasteiger partial charge in [-0.3, -0.25) is 9.71 Å². The number of methoxy groups -OCH3 is 1. The highest BCUT2D eigenvalue weighted by molar-refractivity contribution is 7.92. The molecule has 0 radical (unpaired) electrons. The first kappa shape index (κ1) is 21.9. The second-order valence-electron chi connectivity index (χ2n) is 6.02. The lowest BCUT2D eigenvalue weighted by Gasteiger charge is -2.15. The standard InChI is InChI=1S/C20H16Cl2N2O5S/c1-28-20(25)12-29-16-4-5-18(13-7-14(21)9-15(22)8-13)19(10-16)24-30(26,27)17-3-2-6-23-11-17/h2-11,24H,12H2,1H3. The molecule has 1 aromatic heterocycles.